The Bertz CT molecular complexity index is 464. The van der Waals surface area contributed by atoms with E-state index in [1.807, 2.05) is 6.07 Å². The molecule has 3 unspecified atom stereocenters. The molecule has 0 heterocycles. The molecule has 1 aliphatic carbocycles. The lowest BCUT2D eigenvalue weighted by molar-refractivity contribution is 0.368. The van der Waals surface area contributed by atoms with Gasteiger partial charge in [0, 0.05) is 18.2 Å². The van der Waals surface area contributed by atoms with E-state index in [0.717, 1.165) is 12.3 Å². The fourth-order valence-electron chi connectivity index (χ4n) is 2.70. The zero-order valence-corrected chi connectivity index (χ0v) is 10.9. The second-order valence-corrected chi connectivity index (χ2v) is 5.29. The molecule has 2 rings (SSSR count). The number of nitrogens with zero attached hydrogens (tertiary/aromatic N) is 1. The molecular weight excluding hydrogens is 227 g/mol. The smallest absolute Gasteiger partial charge is 0.145 e. The molecule has 0 radical (unpaired) electrons. The van der Waals surface area contributed by atoms with Crippen molar-refractivity contribution in [2.45, 2.75) is 39.3 Å². The van der Waals surface area contributed by atoms with Gasteiger partial charge in [0.05, 0.1) is 5.56 Å². The van der Waals surface area contributed by atoms with Gasteiger partial charge in [-0.3, -0.25) is 0 Å². The minimum absolute atomic E-state index is 0.127. The van der Waals surface area contributed by atoms with Crippen LogP contribution in [0.15, 0.2) is 18.2 Å². The van der Waals surface area contributed by atoms with Gasteiger partial charge in [0.25, 0.3) is 0 Å². The van der Waals surface area contributed by atoms with Crippen LogP contribution in [0.25, 0.3) is 0 Å². The molecule has 0 spiro atoms. The van der Waals surface area contributed by atoms with E-state index in [2.05, 4.69) is 19.2 Å². The summed E-state index contributed by atoms with van der Waals surface area (Å²) in [5.74, 6) is 0.983. The van der Waals surface area contributed by atoms with Gasteiger partial charge in [-0.2, -0.15) is 5.26 Å². The van der Waals surface area contributed by atoms with Crippen molar-refractivity contribution >= 4 is 0 Å². The summed E-state index contributed by atoms with van der Waals surface area (Å²) in [5, 5.41) is 12.2. The van der Waals surface area contributed by atoms with Gasteiger partial charge in [-0.05, 0) is 30.7 Å². The molecule has 0 aromatic heterocycles. The maximum Gasteiger partial charge on any atom is 0.145 e. The number of nitriles is 1. The van der Waals surface area contributed by atoms with Gasteiger partial charge >= 0.3 is 0 Å². The first-order valence-electron chi connectivity index (χ1n) is 6.54. The summed E-state index contributed by atoms with van der Waals surface area (Å²) in [4.78, 5) is 0. The van der Waals surface area contributed by atoms with Crippen LogP contribution < -0.4 is 5.32 Å². The van der Waals surface area contributed by atoms with Crippen molar-refractivity contribution in [3.8, 4) is 6.07 Å². The van der Waals surface area contributed by atoms with E-state index in [1.54, 1.807) is 12.1 Å². The van der Waals surface area contributed by atoms with E-state index in [1.165, 1.54) is 12.5 Å². The van der Waals surface area contributed by atoms with Crippen molar-refractivity contribution in [1.29, 1.82) is 5.26 Å². The van der Waals surface area contributed by atoms with Crippen LogP contribution in [0.3, 0.4) is 0 Å². The van der Waals surface area contributed by atoms with Gasteiger partial charge in [-0.1, -0.05) is 26.0 Å². The number of benzene rings is 1. The molecule has 0 aliphatic heterocycles. The SMILES string of the molecule is CC1CCC(NCc2cccc(C#N)c2F)C1C. The molecule has 0 bridgehead atoms. The second-order valence-electron chi connectivity index (χ2n) is 5.29. The Balaban J connectivity index is 2.01. The number of rotatable bonds is 3. The quantitative estimate of drug-likeness (QED) is 0.888. The van der Waals surface area contributed by atoms with Crippen LogP contribution in [0.1, 0.15) is 37.8 Å². The number of nitrogens with one attached hydrogen (secondary N) is 1. The lowest BCUT2D eigenvalue weighted by Gasteiger charge is -2.20. The van der Waals surface area contributed by atoms with Crippen LogP contribution in [0.5, 0.6) is 0 Å². The Labute approximate surface area is 108 Å². The Kier molecular flexibility index (Phi) is 3.98. The van der Waals surface area contributed by atoms with Gasteiger partial charge in [0.2, 0.25) is 0 Å². The Morgan fingerprint density at radius 2 is 2.17 bits per heavy atom. The van der Waals surface area contributed by atoms with Crippen LogP contribution >= 0.6 is 0 Å². The summed E-state index contributed by atoms with van der Waals surface area (Å²) in [7, 11) is 0. The summed E-state index contributed by atoms with van der Waals surface area (Å²) in [6.45, 7) is 5.02. The van der Waals surface area contributed by atoms with Crippen LogP contribution in [-0.4, -0.2) is 6.04 Å². The fraction of sp³-hybridized carbons (Fsp3) is 0.533. The largest absolute Gasteiger partial charge is 0.310 e. The maximum atomic E-state index is 13.9. The van der Waals surface area contributed by atoms with Crippen LogP contribution in [0.4, 0.5) is 4.39 Å². The first-order valence-corrected chi connectivity index (χ1v) is 6.54. The summed E-state index contributed by atoms with van der Waals surface area (Å²) < 4.78 is 13.9. The van der Waals surface area contributed by atoms with Gasteiger partial charge in [0.1, 0.15) is 11.9 Å². The van der Waals surface area contributed by atoms with Crippen molar-refractivity contribution in [1.82, 2.24) is 5.32 Å². The molecule has 1 N–H and O–H groups in total. The fourth-order valence-corrected chi connectivity index (χ4v) is 2.70. The van der Waals surface area contributed by atoms with Gasteiger partial charge in [-0.15, -0.1) is 0 Å². The predicted octanol–water partition coefficient (Wildman–Crippen LogP) is 3.22. The van der Waals surface area contributed by atoms with Crippen LogP contribution in [0.2, 0.25) is 0 Å². The Hall–Kier alpha value is -1.40. The molecule has 0 amide bonds. The Morgan fingerprint density at radius 3 is 2.78 bits per heavy atom. The lowest BCUT2D eigenvalue weighted by Crippen LogP contribution is -2.32. The molecule has 1 aromatic rings. The molecule has 1 saturated carbocycles. The molecule has 0 saturated heterocycles. The maximum absolute atomic E-state index is 13.9. The summed E-state index contributed by atoms with van der Waals surface area (Å²) in [6.07, 6.45) is 2.39. The van der Waals surface area contributed by atoms with E-state index in [9.17, 15) is 4.39 Å². The molecule has 3 heteroatoms. The lowest BCUT2D eigenvalue weighted by atomic mass is 9.97. The minimum Gasteiger partial charge on any atom is -0.310 e. The van der Waals surface area contributed by atoms with E-state index < -0.39 is 0 Å². The molecule has 18 heavy (non-hydrogen) atoms. The van der Waals surface area contributed by atoms with E-state index in [-0.39, 0.29) is 11.4 Å². The monoisotopic (exact) mass is 246 g/mol. The van der Waals surface area contributed by atoms with E-state index >= 15 is 0 Å². The van der Waals surface area contributed by atoms with Crippen LogP contribution in [0, 0.1) is 29.0 Å². The highest BCUT2D eigenvalue weighted by Crippen LogP contribution is 2.31. The zero-order valence-electron chi connectivity index (χ0n) is 10.9. The normalized spacial score (nSPS) is 27.1. The van der Waals surface area contributed by atoms with E-state index in [0.29, 0.717) is 24.1 Å². The van der Waals surface area contributed by atoms with Gasteiger partial charge in [-0.25, -0.2) is 4.39 Å². The molecule has 1 fully saturated rings. The van der Waals surface area contributed by atoms with Crippen molar-refractivity contribution in [2.24, 2.45) is 11.8 Å². The summed E-state index contributed by atoms with van der Waals surface area (Å²) in [6, 6.07) is 7.33. The van der Waals surface area contributed by atoms with E-state index in [4.69, 9.17) is 5.26 Å². The van der Waals surface area contributed by atoms with Crippen molar-refractivity contribution in [3.05, 3.63) is 35.1 Å². The molecule has 96 valence electrons. The number of hydrogen-bond acceptors (Lipinski definition) is 2. The third-order valence-corrected chi connectivity index (χ3v) is 4.22. The van der Waals surface area contributed by atoms with Crippen molar-refractivity contribution in [3.63, 3.8) is 0 Å². The third kappa shape index (κ3) is 2.54. The van der Waals surface area contributed by atoms with Crippen molar-refractivity contribution in [2.75, 3.05) is 0 Å². The average molecular weight is 246 g/mol. The zero-order chi connectivity index (χ0) is 13.1. The molecule has 1 aromatic carbocycles. The minimum atomic E-state index is -0.383. The number of hydrogen-bond donors (Lipinski definition) is 1. The molecule has 3 atom stereocenters. The standard InChI is InChI=1S/C15H19FN2/c1-10-6-7-14(11(10)2)18-9-13-5-3-4-12(8-17)15(13)16/h3-5,10-11,14,18H,6-7,9H2,1-2H3. The Morgan fingerprint density at radius 1 is 1.39 bits per heavy atom. The average Bonchev–Trinajstić information content (AvgIpc) is 2.69. The highest BCUT2D eigenvalue weighted by molar-refractivity contribution is 5.34. The summed E-state index contributed by atoms with van der Waals surface area (Å²) >= 11 is 0. The molecule has 2 nitrogen and oxygen atoms in total. The topological polar surface area (TPSA) is 35.8 Å². The highest BCUT2D eigenvalue weighted by Gasteiger charge is 2.29. The van der Waals surface area contributed by atoms with Gasteiger partial charge < -0.3 is 5.32 Å². The summed E-state index contributed by atoms with van der Waals surface area (Å²) in [5.41, 5.74) is 0.711. The molecular formula is C15H19FN2. The second kappa shape index (κ2) is 5.49. The van der Waals surface area contributed by atoms with Crippen LogP contribution in [-0.2, 0) is 6.54 Å². The molecule has 1 aliphatic rings. The first kappa shape index (κ1) is 13.0. The third-order valence-electron chi connectivity index (χ3n) is 4.22. The highest BCUT2D eigenvalue weighted by atomic mass is 19.1. The van der Waals surface area contributed by atoms with Crippen molar-refractivity contribution < 1.29 is 4.39 Å². The predicted molar refractivity (Wildman–Crippen MR) is 69.3 cm³/mol. The number of halogens is 1. The van der Waals surface area contributed by atoms with Gasteiger partial charge in [0.15, 0.2) is 0 Å². The first-order chi connectivity index (χ1) is 8.63.